The largest absolute Gasteiger partial charge is 0.382 e. The predicted octanol–water partition coefficient (Wildman–Crippen LogP) is 5.58. The lowest BCUT2D eigenvalue weighted by molar-refractivity contribution is 0.0725. The van der Waals surface area contributed by atoms with Crippen LogP contribution >= 0.6 is 0 Å². The van der Waals surface area contributed by atoms with Crippen molar-refractivity contribution in [1.82, 2.24) is 9.88 Å². The summed E-state index contributed by atoms with van der Waals surface area (Å²) in [5.41, 5.74) is 6.35. The molecule has 0 radical (unpaired) electrons. The number of rotatable bonds is 5. The molecule has 38 heavy (non-hydrogen) atoms. The van der Waals surface area contributed by atoms with Gasteiger partial charge in [0.25, 0.3) is 5.91 Å². The highest BCUT2D eigenvalue weighted by atomic mass is 19.1. The average Bonchev–Trinajstić information content (AvgIpc) is 2.92. The van der Waals surface area contributed by atoms with Gasteiger partial charge in [-0.2, -0.15) is 0 Å². The van der Waals surface area contributed by atoms with Crippen LogP contribution in [0, 0.1) is 26.6 Å². The smallest absolute Gasteiger partial charge is 0.254 e. The maximum absolute atomic E-state index is 13.8. The van der Waals surface area contributed by atoms with E-state index >= 15 is 0 Å². The number of piperazine rings is 1. The summed E-state index contributed by atoms with van der Waals surface area (Å²) in [7, 11) is 0. The number of carbonyl (C=O) groups excluding carboxylic acids is 1. The molecule has 0 unspecified atom stereocenters. The van der Waals surface area contributed by atoms with Gasteiger partial charge < -0.3 is 20.0 Å². The lowest BCUT2D eigenvalue weighted by Crippen LogP contribution is -2.54. The van der Waals surface area contributed by atoms with Crippen LogP contribution in [0.2, 0.25) is 0 Å². The van der Waals surface area contributed by atoms with Gasteiger partial charge in [0.2, 0.25) is 0 Å². The number of piperidine rings is 1. The maximum Gasteiger partial charge on any atom is 0.254 e. The van der Waals surface area contributed by atoms with Crippen molar-refractivity contribution in [3.63, 3.8) is 0 Å². The lowest BCUT2D eigenvalue weighted by atomic mass is 9.94. The van der Waals surface area contributed by atoms with Crippen molar-refractivity contribution < 1.29 is 9.18 Å². The molecule has 6 nitrogen and oxygen atoms in total. The van der Waals surface area contributed by atoms with Crippen LogP contribution in [-0.4, -0.2) is 60.6 Å². The molecule has 200 valence electrons. The molecule has 1 aromatic heterocycles. The van der Waals surface area contributed by atoms with Crippen molar-refractivity contribution in [3.8, 4) is 0 Å². The first kappa shape index (κ1) is 26.0. The summed E-state index contributed by atoms with van der Waals surface area (Å²) >= 11 is 0. The van der Waals surface area contributed by atoms with Gasteiger partial charge in [-0.05, 0) is 81.5 Å². The Balaban J connectivity index is 1.27. The minimum atomic E-state index is -0.312. The molecular weight excluding hydrogens is 477 g/mol. The van der Waals surface area contributed by atoms with Gasteiger partial charge in [-0.3, -0.25) is 4.79 Å². The third kappa shape index (κ3) is 5.33. The number of benzene rings is 2. The number of anilines is 3. The van der Waals surface area contributed by atoms with E-state index in [4.69, 9.17) is 0 Å². The summed E-state index contributed by atoms with van der Waals surface area (Å²) in [6.45, 7) is 12.4. The number of carbonyl (C=O) groups is 1. The monoisotopic (exact) mass is 515 g/mol. The predicted molar refractivity (Wildman–Crippen MR) is 153 cm³/mol. The highest BCUT2D eigenvalue weighted by Gasteiger charge is 2.30. The van der Waals surface area contributed by atoms with E-state index in [-0.39, 0.29) is 17.8 Å². The molecule has 0 aliphatic carbocycles. The third-order valence-corrected chi connectivity index (χ3v) is 8.07. The molecule has 2 fully saturated rings. The van der Waals surface area contributed by atoms with E-state index in [1.54, 1.807) is 6.07 Å². The number of pyridine rings is 1. The first-order valence-electron chi connectivity index (χ1n) is 13.7. The van der Waals surface area contributed by atoms with E-state index in [1.165, 1.54) is 23.5 Å². The minimum Gasteiger partial charge on any atom is -0.382 e. The standard InChI is InChI=1S/C31H38FN5O/c1-21-18-22(2)30(34-26-12-14-35(15-13-26)28-11-10-25(32)19-33-28)24(4)29(21)31(38)36-16-17-37(23(3)20-36)27-8-6-5-7-9-27/h5-11,18-19,23,26,34H,12-17,20H2,1-4H3/t23-/m0/s1. The van der Waals surface area contributed by atoms with Crippen molar-refractivity contribution in [2.24, 2.45) is 0 Å². The minimum absolute atomic E-state index is 0.125. The molecule has 7 heteroatoms. The molecule has 0 bridgehead atoms. The fourth-order valence-corrected chi connectivity index (χ4v) is 6.05. The summed E-state index contributed by atoms with van der Waals surface area (Å²) in [4.78, 5) is 24.7. The van der Waals surface area contributed by atoms with E-state index in [2.05, 4.69) is 78.1 Å². The van der Waals surface area contributed by atoms with Gasteiger partial charge in [-0.1, -0.05) is 24.3 Å². The second-order valence-corrected chi connectivity index (χ2v) is 10.8. The van der Waals surface area contributed by atoms with Crippen LogP contribution in [0.1, 0.15) is 46.8 Å². The SMILES string of the molecule is Cc1cc(C)c(C(=O)N2CCN(c3ccccc3)[C@@H](C)C2)c(C)c1NC1CCN(c2ccc(F)cn2)CC1. The van der Waals surface area contributed by atoms with Gasteiger partial charge in [0.15, 0.2) is 0 Å². The number of amides is 1. The zero-order valence-electron chi connectivity index (χ0n) is 22.9. The molecule has 3 aromatic rings. The second kappa shape index (κ2) is 11.0. The molecule has 5 rings (SSSR count). The fourth-order valence-electron chi connectivity index (χ4n) is 6.05. The molecule has 2 aliphatic rings. The van der Waals surface area contributed by atoms with Crippen LogP contribution < -0.4 is 15.1 Å². The second-order valence-electron chi connectivity index (χ2n) is 10.8. The Labute approximate surface area is 225 Å². The van der Waals surface area contributed by atoms with Crippen molar-refractivity contribution in [1.29, 1.82) is 0 Å². The average molecular weight is 516 g/mol. The van der Waals surface area contributed by atoms with Crippen LogP contribution in [-0.2, 0) is 0 Å². The van der Waals surface area contributed by atoms with E-state index in [0.717, 1.165) is 60.7 Å². The number of hydrogen-bond donors (Lipinski definition) is 1. The Morgan fingerprint density at radius 3 is 2.37 bits per heavy atom. The number of aromatic nitrogens is 1. The molecular formula is C31H38FN5O. The van der Waals surface area contributed by atoms with Crippen molar-refractivity contribution in [2.75, 3.05) is 47.8 Å². The van der Waals surface area contributed by atoms with Gasteiger partial charge in [0, 0.05) is 61.7 Å². The van der Waals surface area contributed by atoms with Crippen LogP contribution in [0.15, 0.2) is 54.7 Å². The Morgan fingerprint density at radius 1 is 0.974 bits per heavy atom. The normalized spacial score (nSPS) is 18.6. The summed E-state index contributed by atoms with van der Waals surface area (Å²) in [5.74, 6) is 0.635. The van der Waals surface area contributed by atoms with E-state index in [1.807, 2.05) is 11.0 Å². The molecule has 1 atom stereocenters. The number of hydrogen-bond acceptors (Lipinski definition) is 5. The number of nitrogens with zero attached hydrogens (tertiary/aromatic N) is 4. The number of nitrogens with one attached hydrogen (secondary N) is 1. The molecule has 2 aliphatic heterocycles. The van der Waals surface area contributed by atoms with E-state index in [9.17, 15) is 9.18 Å². The third-order valence-electron chi connectivity index (χ3n) is 8.07. The van der Waals surface area contributed by atoms with Crippen LogP contribution in [0.5, 0.6) is 0 Å². The number of para-hydroxylation sites is 1. The molecule has 1 N–H and O–H groups in total. The molecule has 0 saturated carbocycles. The topological polar surface area (TPSA) is 51.7 Å². The zero-order chi connectivity index (χ0) is 26.8. The van der Waals surface area contributed by atoms with Crippen LogP contribution in [0.4, 0.5) is 21.6 Å². The van der Waals surface area contributed by atoms with Gasteiger partial charge in [0.05, 0.1) is 6.20 Å². The lowest BCUT2D eigenvalue weighted by Gasteiger charge is -2.41. The van der Waals surface area contributed by atoms with Crippen LogP contribution in [0.25, 0.3) is 0 Å². The first-order chi connectivity index (χ1) is 18.3. The Kier molecular flexibility index (Phi) is 7.54. The van der Waals surface area contributed by atoms with E-state index in [0.29, 0.717) is 19.1 Å². The summed E-state index contributed by atoms with van der Waals surface area (Å²) in [6, 6.07) is 16.4. The fraction of sp³-hybridized carbons (Fsp3) is 0.419. The number of halogens is 1. The Hall–Kier alpha value is -3.61. The van der Waals surface area contributed by atoms with Gasteiger partial charge in [0.1, 0.15) is 11.6 Å². The first-order valence-corrected chi connectivity index (χ1v) is 13.7. The van der Waals surface area contributed by atoms with Crippen molar-refractivity contribution >= 4 is 23.1 Å². The summed E-state index contributed by atoms with van der Waals surface area (Å²) in [5, 5.41) is 3.78. The van der Waals surface area contributed by atoms with Crippen molar-refractivity contribution in [2.45, 2.75) is 52.6 Å². The quantitative estimate of drug-likeness (QED) is 0.481. The van der Waals surface area contributed by atoms with Gasteiger partial charge in [-0.25, -0.2) is 9.37 Å². The van der Waals surface area contributed by atoms with Crippen molar-refractivity contribution in [3.05, 3.63) is 82.8 Å². The highest BCUT2D eigenvalue weighted by Crippen LogP contribution is 2.31. The van der Waals surface area contributed by atoms with E-state index < -0.39 is 0 Å². The van der Waals surface area contributed by atoms with Crippen LogP contribution in [0.3, 0.4) is 0 Å². The highest BCUT2D eigenvalue weighted by molar-refractivity contribution is 5.99. The Bertz CT molecular complexity index is 1270. The molecule has 3 heterocycles. The molecule has 2 saturated heterocycles. The Morgan fingerprint density at radius 2 is 1.71 bits per heavy atom. The van der Waals surface area contributed by atoms with Gasteiger partial charge in [-0.15, -0.1) is 0 Å². The zero-order valence-corrected chi connectivity index (χ0v) is 22.9. The van der Waals surface area contributed by atoms with Gasteiger partial charge >= 0.3 is 0 Å². The number of aryl methyl sites for hydroxylation is 2. The maximum atomic E-state index is 13.8. The molecule has 2 aromatic carbocycles. The summed E-state index contributed by atoms with van der Waals surface area (Å²) in [6.07, 6.45) is 3.18. The molecule has 0 spiro atoms. The molecule has 1 amide bonds. The summed E-state index contributed by atoms with van der Waals surface area (Å²) < 4.78 is 13.3.